The SMILES string of the molecule is NC(=O)C1CC[NH+](C[C@@H](O)COc2ccc(Br)cc2)CC1. The predicted octanol–water partition coefficient (Wildman–Crippen LogP) is -0.0310. The van der Waals surface area contributed by atoms with Crippen LogP contribution in [0.2, 0.25) is 0 Å². The second kappa shape index (κ2) is 7.77. The van der Waals surface area contributed by atoms with Gasteiger partial charge in [0.15, 0.2) is 0 Å². The molecule has 0 unspecified atom stereocenters. The summed E-state index contributed by atoms with van der Waals surface area (Å²) in [5.41, 5.74) is 5.32. The fourth-order valence-electron chi connectivity index (χ4n) is 2.63. The molecule has 0 aromatic heterocycles. The maximum absolute atomic E-state index is 11.1. The monoisotopic (exact) mass is 357 g/mol. The Morgan fingerprint density at radius 2 is 2.00 bits per heavy atom. The number of aliphatic hydroxyl groups excluding tert-OH is 1. The van der Waals surface area contributed by atoms with Crippen LogP contribution in [-0.4, -0.2) is 43.4 Å². The van der Waals surface area contributed by atoms with Crippen molar-refractivity contribution < 1.29 is 19.5 Å². The highest BCUT2D eigenvalue weighted by molar-refractivity contribution is 9.10. The molecule has 1 aromatic rings. The zero-order valence-electron chi connectivity index (χ0n) is 11.9. The first-order valence-corrected chi connectivity index (χ1v) is 8.03. The molecular weight excluding hydrogens is 336 g/mol. The number of nitrogens with one attached hydrogen (secondary N) is 1. The zero-order chi connectivity index (χ0) is 15.2. The number of likely N-dealkylation sites (tertiary alicyclic amines) is 1. The van der Waals surface area contributed by atoms with Gasteiger partial charge >= 0.3 is 0 Å². The lowest BCUT2D eigenvalue weighted by molar-refractivity contribution is -0.908. The Morgan fingerprint density at radius 3 is 2.57 bits per heavy atom. The van der Waals surface area contributed by atoms with Crippen molar-refractivity contribution in [2.45, 2.75) is 18.9 Å². The van der Waals surface area contributed by atoms with Gasteiger partial charge in [0.2, 0.25) is 5.91 Å². The average Bonchev–Trinajstić information content (AvgIpc) is 2.47. The number of primary amides is 1. The van der Waals surface area contributed by atoms with Crippen molar-refractivity contribution in [3.63, 3.8) is 0 Å². The van der Waals surface area contributed by atoms with Crippen LogP contribution in [0, 0.1) is 5.92 Å². The van der Waals surface area contributed by atoms with Gasteiger partial charge in [-0.25, -0.2) is 0 Å². The molecule has 1 amide bonds. The first-order chi connectivity index (χ1) is 10.0. The van der Waals surface area contributed by atoms with E-state index in [9.17, 15) is 9.90 Å². The first-order valence-electron chi connectivity index (χ1n) is 7.24. The zero-order valence-corrected chi connectivity index (χ0v) is 13.5. The van der Waals surface area contributed by atoms with Crippen LogP contribution in [0.4, 0.5) is 0 Å². The molecule has 0 spiro atoms. The van der Waals surface area contributed by atoms with Crippen LogP contribution in [0.25, 0.3) is 0 Å². The van der Waals surface area contributed by atoms with Gasteiger partial charge < -0.3 is 20.5 Å². The van der Waals surface area contributed by atoms with Crippen molar-refractivity contribution in [1.29, 1.82) is 0 Å². The Labute approximate surface area is 133 Å². The van der Waals surface area contributed by atoms with Crippen LogP contribution in [0.5, 0.6) is 5.75 Å². The molecule has 1 aliphatic heterocycles. The fourth-order valence-corrected chi connectivity index (χ4v) is 2.89. The van der Waals surface area contributed by atoms with E-state index in [1.54, 1.807) is 0 Å². The van der Waals surface area contributed by atoms with Crippen molar-refractivity contribution >= 4 is 21.8 Å². The fraction of sp³-hybridized carbons (Fsp3) is 0.533. The minimum Gasteiger partial charge on any atom is -0.491 e. The Hall–Kier alpha value is -1.11. The molecule has 0 saturated carbocycles. The number of aliphatic hydroxyl groups is 1. The molecule has 1 atom stereocenters. The number of quaternary nitrogens is 1. The van der Waals surface area contributed by atoms with E-state index in [0.29, 0.717) is 6.54 Å². The van der Waals surface area contributed by atoms with Gasteiger partial charge in [-0.1, -0.05) is 15.9 Å². The highest BCUT2D eigenvalue weighted by Gasteiger charge is 2.27. The normalized spacial score (nSPS) is 23.5. The lowest BCUT2D eigenvalue weighted by Gasteiger charge is -2.29. The molecule has 1 saturated heterocycles. The van der Waals surface area contributed by atoms with Crippen molar-refractivity contribution in [2.75, 3.05) is 26.2 Å². The molecule has 6 heteroatoms. The molecular formula is C15H22BrN2O3+. The van der Waals surface area contributed by atoms with Gasteiger partial charge in [0.05, 0.1) is 13.1 Å². The number of ether oxygens (including phenoxy) is 1. The number of nitrogens with two attached hydrogens (primary N) is 1. The van der Waals surface area contributed by atoms with E-state index in [4.69, 9.17) is 10.5 Å². The quantitative estimate of drug-likeness (QED) is 0.669. The summed E-state index contributed by atoms with van der Waals surface area (Å²) in [6, 6.07) is 7.53. The van der Waals surface area contributed by atoms with E-state index >= 15 is 0 Å². The second-order valence-electron chi connectivity index (χ2n) is 5.55. The first kappa shape index (κ1) is 16.3. The van der Waals surface area contributed by atoms with Gasteiger partial charge in [0, 0.05) is 23.2 Å². The lowest BCUT2D eigenvalue weighted by Crippen LogP contribution is -3.14. The maximum Gasteiger partial charge on any atom is 0.220 e. The van der Waals surface area contributed by atoms with E-state index in [2.05, 4.69) is 15.9 Å². The molecule has 5 nitrogen and oxygen atoms in total. The van der Waals surface area contributed by atoms with Crippen LogP contribution >= 0.6 is 15.9 Å². The molecule has 116 valence electrons. The van der Waals surface area contributed by atoms with E-state index < -0.39 is 6.10 Å². The minimum atomic E-state index is -0.506. The van der Waals surface area contributed by atoms with E-state index in [1.807, 2.05) is 24.3 Å². The number of rotatable bonds is 6. The number of piperidine rings is 1. The molecule has 0 aliphatic carbocycles. The van der Waals surface area contributed by atoms with Crippen LogP contribution in [0.3, 0.4) is 0 Å². The number of hydrogen-bond donors (Lipinski definition) is 3. The summed E-state index contributed by atoms with van der Waals surface area (Å²) in [4.78, 5) is 12.4. The molecule has 1 aliphatic rings. The molecule has 0 bridgehead atoms. The van der Waals surface area contributed by atoms with Gasteiger partial charge in [0.1, 0.15) is 25.0 Å². The third-order valence-corrected chi connectivity index (χ3v) is 4.40. The average molecular weight is 358 g/mol. The number of halogens is 1. The molecule has 1 fully saturated rings. The minimum absolute atomic E-state index is 0.00454. The Kier molecular flexibility index (Phi) is 6.02. The molecule has 2 rings (SSSR count). The van der Waals surface area contributed by atoms with Gasteiger partial charge in [0.25, 0.3) is 0 Å². The predicted molar refractivity (Wildman–Crippen MR) is 83.1 cm³/mol. The topological polar surface area (TPSA) is 77.0 Å². The Bertz CT molecular complexity index is 458. The Morgan fingerprint density at radius 1 is 1.38 bits per heavy atom. The molecule has 4 N–H and O–H groups in total. The number of amides is 1. The smallest absolute Gasteiger partial charge is 0.220 e. The van der Waals surface area contributed by atoms with Crippen molar-refractivity contribution in [3.05, 3.63) is 28.7 Å². The summed E-state index contributed by atoms with van der Waals surface area (Å²) in [5, 5.41) is 10.0. The van der Waals surface area contributed by atoms with Gasteiger partial charge in [-0.2, -0.15) is 0 Å². The van der Waals surface area contributed by atoms with Crippen molar-refractivity contribution in [2.24, 2.45) is 11.7 Å². The maximum atomic E-state index is 11.1. The molecule has 1 aromatic carbocycles. The third kappa shape index (κ3) is 5.30. The van der Waals surface area contributed by atoms with E-state index in [1.165, 1.54) is 4.90 Å². The summed E-state index contributed by atoms with van der Waals surface area (Å²) in [6.07, 6.45) is 1.12. The highest BCUT2D eigenvalue weighted by atomic mass is 79.9. The summed E-state index contributed by atoms with van der Waals surface area (Å²) in [5.74, 6) is 0.553. The van der Waals surface area contributed by atoms with E-state index in [-0.39, 0.29) is 18.4 Å². The van der Waals surface area contributed by atoms with Crippen molar-refractivity contribution in [3.8, 4) is 5.75 Å². The summed E-state index contributed by atoms with van der Waals surface area (Å²) >= 11 is 3.37. The number of carbonyl (C=O) groups excluding carboxylic acids is 1. The molecule has 21 heavy (non-hydrogen) atoms. The van der Waals surface area contributed by atoms with Crippen LogP contribution in [0.1, 0.15) is 12.8 Å². The third-order valence-electron chi connectivity index (χ3n) is 3.88. The van der Waals surface area contributed by atoms with Gasteiger partial charge in [-0.15, -0.1) is 0 Å². The summed E-state index contributed by atoms with van der Waals surface area (Å²) in [7, 11) is 0. The number of benzene rings is 1. The summed E-state index contributed by atoms with van der Waals surface area (Å²) in [6.45, 7) is 2.68. The molecule has 1 heterocycles. The van der Waals surface area contributed by atoms with Gasteiger partial charge in [-0.3, -0.25) is 4.79 Å². The van der Waals surface area contributed by atoms with Crippen LogP contribution in [0.15, 0.2) is 28.7 Å². The van der Waals surface area contributed by atoms with E-state index in [0.717, 1.165) is 36.2 Å². The summed E-state index contributed by atoms with van der Waals surface area (Å²) < 4.78 is 6.56. The van der Waals surface area contributed by atoms with Crippen LogP contribution in [-0.2, 0) is 4.79 Å². The lowest BCUT2D eigenvalue weighted by atomic mass is 9.96. The van der Waals surface area contributed by atoms with Crippen LogP contribution < -0.4 is 15.4 Å². The Balaban J connectivity index is 1.69. The number of hydrogen-bond acceptors (Lipinski definition) is 3. The molecule has 0 radical (unpaired) electrons. The van der Waals surface area contributed by atoms with Gasteiger partial charge in [-0.05, 0) is 24.3 Å². The second-order valence-corrected chi connectivity index (χ2v) is 6.47. The largest absolute Gasteiger partial charge is 0.491 e. The highest BCUT2D eigenvalue weighted by Crippen LogP contribution is 2.16. The number of carbonyl (C=O) groups is 1. The van der Waals surface area contributed by atoms with Crippen molar-refractivity contribution in [1.82, 2.24) is 0 Å². The standard InChI is InChI=1S/C15H21BrN2O3/c16-12-1-3-14(4-2-12)21-10-13(19)9-18-7-5-11(6-8-18)15(17)20/h1-4,11,13,19H,5-10H2,(H2,17,20)/p+1/t13-/m1/s1.